The van der Waals surface area contributed by atoms with Gasteiger partial charge in [-0.15, -0.1) is 0 Å². The minimum absolute atomic E-state index is 0.190. The molecule has 1 saturated carbocycles. The van der Waals surface area contributed by atoms with Crippen LogP contribution in [0.2, 0.25) is 0 Å². The Bertz CT molecular complexity index is 261. The highest BCUT2D eigenvalue weighted by molar-refractivity contribution is 5.80. The molecule has 0 radical (unpaired) electrons. The van der Waals surface area contributed by atoms with Crippen molar-refractivity contribution in [1.82, 2.24) is 10.2 Å². The van der Waals surface area contributed by atoms with Gasteiger partial charge in [0.1, 0.15) is 0 Å². The van der Waals surface area contributed by atoms with Crippen molar-refractivity contribution in [3.8, 4) is 0 Å². The zero-order valence-corrected chi connectivity index (χ0v) is 9.25. The van der Waals surface area contributed by atoms with Crippen molar-refractivity contribution in [3.63, 3.8) is 0 Å². The maximum absolute atomic E-state index is 11.5. The first-order valence-corrected chi connectivity index (χ1v) is 5.24. The maximum Gasteiger partial charge on any atom is 0.317 e. The highest BCUT2D eigenvalue weighted by Crippen LogP contribution is 2.45. The molecule has 0 unspecified atom stereocenters. The monoisotopic (exact) mass is 214 g/mol. The van der Waals surface area contributed by atoms with Gasteiger partial charge in [-0.25, -0.2) is 4.79 Å². The Kier molecular flexibility index (Phi) is 3.55. The van der Waals surface area contributed by atoms with Crippen molar-refractivity contribution in [3.05, 3.63) is 0 Å². The Labute approximate surface area is 89.4 Å². The molecule has 1 fully saturated rings. The van der Waals surface area contributed by atoms with Gasteiger partial charge in [-0.3, -0.25) is 4.79 Å². The summed E-state index contributed by atoms with van der Waals surface area (Å²) >= 11 is 0. The van der Waals surface area contributed by atoms with E-state index in [0.717, 1.165) is 6.42 Å². The Balaban J connectivity index is 2.31. The molecule has 5 nitrogen and oxygen atoms in total. The number of aliphatic carboxylic acids is 1. The van der Waals surface area contributed by atoms with Crippen LogP contribution >= 0.6 is 0 Å². The van der Waals surface area contributed by atoms with Crippen molar-refractivity contribution in [2.45, 2.75) is 26.2 Å². The number of nitrogens with zero attached hydrogens (tertiary/aromatic N) is 1. The molecule has 1 rings (SSSR count). The summed E-state index contributed by atoms with van der Waals surface area (Å²) in [6.07, 6.45) is 2.23. The standard InChI is InChI=1S/C10H18N2O3/c1-3-6-12(2)9(15)11-7-10(4-5-10)8(13)14/h3-7H2,1-2H3,(H,11,15)(H,13,14). The van der Waals surface area contributed by atoms with Crippen molar-refractivity contribution in [2.75, 3.05) is 20.1 Å². The normalized spacial score (nSPS) is 16.9. The number of carboxylic acids is 1. The van der Waals surface area contributed by atoms with E-state index in [1.165, 1.54) is 0 Å². The number of carbonyl (C=O) groups excluding carboxylic acids is 1. The molecule has 0 aromatic rings. The highest BCUT2D eigenvalue weighted by atomic mass is 16.4. The van der Waals surface area contributed by atoms with E-state index in [0.29, 0.717) is 19.4 Å². The van der Waals surface area contributed by atoms with Crippen molar-refractivity contribution < 1.29 is 14.7 Å². The van der Waals surface area contributed by atoms with Gasteiger partial charge in [-0.05, 0) is 19.3 Å². The van der Waals surface area contributed by atoms with Crippen LogP contribution in [-0.4, -0.2) is 42.1 Å². The zero-order valence-electron chi connectivity index (χ0n) is 9.25. The first-order valence-electron chi connectivity index (χ1n) is 5.24. The molecule has 0 aromatic carbocycles. The van der Waals surface area contributed by atoms with Crippen LogP contribution in [0.5, 0.6) is 0 Å². The van der Waals surface area contributed by atoms with Crippen LogP contribution in [0.25, 0.3) is 0 Å². The molecule has 0 aliphatic heterocycles. The summed E-state index contributed by atoms with van der Waals surface area (Å²) < 4.78 is 0. The Morgan fingerprint density at radius 3 is 2.47 bits per heavy atom. The molecule has 2 amide bonds. The predicted octanol–water partition coefficient (Wildman–Crippen LogP) is 0.903. The molecule has 0 aromatic heterocycles. The van der Waals surface area contributed by atoms with E-state index in [9.17, 15) is 9.59 Å². The van der Waals surface area contributed by atoms with Crippen molar-refractivity contribution in [1.29, 1.82) is 0 Å². The van der Waals surface area contributed by atoms with Crippen LogP contribution in [-0.2, 0) is 4.79 Å². The molecule has 0 bridgehead atoms. The Morgan fingerprint density at radius 2 is 2.07 bits per heavy atom. The average Bonchev–Trinajstić information content (AvgIpc) is 2.95. The summed E-state index contributed by atoms with van der Waals surface area (Å²) in [4.78, 5) is 23.8. The lowest BCUT2D eigenvalue weighted by atomic mass is 10.1. The summed E-state index contributed by atoms with van der Waals surface area (Å²) in [5.41, 5.74) is -0.678. The van der Waals surface area contributed by atoms with E-state index in [1.807, 2.05) is 6.92 Å². The third kappa shape index (κ3) is 2.84. The van der Waals surface area contributed by atoms with E-state index < -0.39 is 11.4 Å². The number of carboxylic acid groups (broad SMARTS) is 1. The summed E-state index contributed by atoms with van der Waals surface area (Å²) in [6.45, 7) is 2.92. The third-order valence-electron chi connectivity index (χ3n) is 2.79. The predicted molar refractivity (Wildman–Crippen MR) is 55.6 cm³/mol. The van der Waals surface area contributed by atoms with Crippen LogP contribution < -0.4 is 5.32 Å². The lowest BCUT2D eigenvalue weighted by Crippen LogP contribution is -2.41. The van der Waals surface area contributed by atoms with Crippen LogP contribution in [0.4, 0.5) is 4.79 Å². The summed E-state index contributed by atoms with van der Waals surface area (Å²) in [5.74, 6) is -0.805. The fraction of sp³-hybridized carbons (Fsp3) is 0.800. The lowest BCUT2D eigenvalue weighted by Gasteiger charge is -2.18. The van der Waals surface area contributed by atoms with Crippen LogP contribution in [0, 0.1) is 5.41 Å². The number of rotatable bonds is 5. The van der Waals surface area contributed by atoms with E-state index in [4.69, 9.17) is 5.11 Å². The van der Waals surface area contributed by atoms with Gasteiger partial charge in [0.2, 0.25) is 0 Å². The van der Waals surface area contributed by atoms with E-state index in [1.54, 1.807) is 11.9 Å². The van der Waals surface area contributed by atoms with Gasteiger partial charge < -0.3 is 15.3 Å². The number of carbonyl (C=O) groups is 2. The molecule has 0 heterocycles. The molecule has 0 saturated heterocycles. The van der Waals surface area contributed by atoms with Crippen LogP contribution in [0.3, 0.4) is 0 Å². The molecule has 86 valence electrons. The molecular weight excluding hydrogens is 196 g/mol. The SMILES string of the molecule is CCCN(C)C(=O)NCC1(C(=O)O)CC1. The molecule has 1 aliphatic carbocycles. The number of hydrogen-bond acceptors (Lipinski definition) is 2. The first kappa shape index (κ1) is 11.8. The van der Waals surface area contributed by atoms with Gasteiger partial charge in [0.05, 0.1) is 5.41 Å². The fourth-order valence-electron chi connectivity index (χ4n) is 1.43. The minimum atomic E-state index is -0.805. The number of hydrogen-bond donors (Lipinski definition) is 2. The third-order valence-corrected chi connectivity index (χ3v) is 2.79. The van der Waals surface area contributed by atoms with Gasteiger partial charge in [0.25, 0.3) is 0 Å². The lowest BCUT2D eigenvalue weighted by molar-refractivity contribution is -0.143. The Hall–Kier alpha value is -1.26. The molecule has 1 aliphatic rings. The summed E-state index contributed by atoms with van der Waals surface area (Å²) in [6, 6.07) is -0.190. The second-order valence-corrected chi connectivity index (χ2v) is 4.17. The van der Waals surface area contributed by atoms with Gasteiger partial charge in [-0.2, -0.15) is 0 Å². The van der Waals surface area contributed by atoms with Gasteiger partial charge >= 0.3 is 12.0 Å². The quantitative estimate of drug-likeness (QED) is 0.714. The van der Waals surface area contributed by atoms with E-state index in [-0.39, 0.29) is 12.6 Å². The minimum Gasteiger partial charge on any atom is -0.481 e. The molecular formula is C10H18N2O3. The largest absolute Gasteiger partial charge is 0.481 e. The number of urea groups is 1. The molecule has 0 atom stereocenters. The van der Waals surface area contributed by atoms with Crippen molar-refractivity contribution >= 4 is 12.0 Å². The second-order valence-electron chi connectivity index (χ2n) is 4.17. The topological polar surface area (TPSA) is 69.6 Å². The number of amides is 2. The maximum atomic E-state index is 11.5. The number of nitrogens with one attached hydrogen (secondary N) is 1. The summed E-state index contributed by atoms with van der Waals surface area (Å²) in [5, 5.41) is 11.6. The van der Waals surface area contributed by atoms with E-state index in [2.05, 4.69) is 5.32 Å². The van der Waals surface area contributed by atoms with Crippen molar-refractivity contribution in [2.24, 2.45) is 5.41 Å². The Morgan fingerprint density at radius 1 is 1.47 bits per heavy atom. The van der Waals surface area contributed by atoms with Crippen LogP contribution in [0.1, 0.15) is 26.2 Å². The van der Waals surface area contributed by atoms with Gasteiger partial charge in [-0.1, -0.05) is 6.92 Å². The fourth-order valence-corrected chi connectivity index (χ4v) is 1.43. The first-order chi connectivity index (χ1) is 7.02. The van der Waals surface area contributed by atoms with Gasteiger partial charge in [0.15, 0.2) is 0 Å². The average molecular weight is 214 g/mol. The molecule has 5 heteroatoms. The van der Waals surface area contributed by atoms with E-state index >= 15 is 0 Å². The van der Waals surface area contributed by atoms with Crippen LogP contribution in [0.15, 0.2) is 0 Å². The molecule has 15 heavy (non-hydrogen) atoms. The second kappa shape index (κ2) is 4.51. The van der Waals surface area contributed by atoms with Gasteiger partial charge in [0, 0.05) is 20.1 Å². The molecule has 0 spiro atoms. The highest BCUT2D eigenvalue weighted by Gasteiger charge is 2.50. The zero-order chi connectivity index (χ0) is 11.5. The summed E-state index contributed by atoms with van der Waals surface area (Å²) in [7, 11) is 1.71. The smallest absolute Gasteiger partial charge is 0.317 e. The molecule has 2 N–H and O–H groups in total.